The molecule has 0 spiro atoms. The second kappa shape index (κ2) is 7.30. The van der Waals surface area contributed by atoms with E-state index in [9.17, 15) is 0 Å². The third kappa shape index (κ3) is 4.22. The lowest BCUT2D eigenvalue weighted by Crippen LogP contribution is -2.07. The van der Waals surface area contributed by atoms with Crippen LogP contribution in [0.5, 0.6) is 5.75 Å². The van der Waals surface area contributed by atoms with E-state index in [0.29, 0.717) is 13.2 Å². The molecule has 0 radical (unpaired) electrons. The summed E-state index contributed by atoms with van der Waals surface area (Å²) in [4.78, 5) is 0. The van der Waals surface area contributed by atoms with E-state index in [-0.39, 0.29) is 0 Å². The lowest BCUT2D eigenvalue weighted by atomic mass is 10.1. The second-order valence-electron chi connectivity index (χ2n) is 5.13. The van der Waals surface area contributed by atoms with Gasteiger partial charge in [-0.25, -0.2) is 0 Å². The fourth-order valence-corrected chi connectivity index (χ4v) is 3.18. The van der Waals surface area contributed by atoms with Crippen LogP contribution in [0.15, 0.2) is 34.8 Å². The Labute approximate surface area is 139 Å². The van der Waals surface area contributed by atoms with E-state index < -0.39 is 0 Å². The Morgan fingerprint density at radius 1 is 1.14 bits per heavy atom. The summed E-state index contributed by atoms with van der Waals surface area (Å²) in [5, 5.41) is 0.741. The van der Waals surface area contributed by atoms with Crippen molar-refractivity contribution in [1.29, 1.82) is 0 Å². The van der Waals surface area contributed by atoms with E-state index in [1.807, 2.05) is 38.1 Å². The van der Waals surface area contributed by atoms with Crippen LogP contribution >= 0.6 is 27.5 Å². The Kier molecular flexibility index (Phi) is 5.68. The highest BCUT2D eigenvalue weighted by Crippen LogP contribution is 2.30. The molecule has 2 rings (SSSR count). The molecule has 2 nitrogen and oxygen atoms in total. The van der Waals surface area contributed by atoms with Crippen molar-refractivity contribution in [3.63, 3.8) is 0 Å². The van der Waals surface area contributed by atoms with Crippen molar-refractivity contribution in [2.45, 2.75) is 26.9 Å². The zero-order valence-electron chi connectivity index (χ0n) is 12.2. The van der Waals surface area contributed by atoms with Gasteiger partial charge in [0.2, 0.25) is 0 Å². The molecule has 0 heterocycles. The van der Waals surface area contributed by atoms with Gasteiger partial charge in [-0.3, -0.25) is 0 Å². The molecule has 0 aliphatic rings. The van der Waals surface area contributed by atoms with Crippen LogP contribution in [0.25, 0.3) is 0 Å². The molecule has 0 unspecified atom stereocenters. The summed E-state index contributed by atoms with van der Waals surface area (Å²) in [5.74, 6) is 0.903. The predicted molar refractivity (Wildman–Crippen MR) is 92.2 cm³/mol. The zero-order chi connectivity index (χ0) is 15.4. The maximum absolute atomic E-state index is 6.25. The first-order chi connectivity index (χ1) is 10.0. The first kappa shape index (κ1) is 16.3. The van der Waals surface area contributed by atoms with Gasteiger partial charge < -0.3 is 10.5 Å². The summed E-state index contributed by atoms with van der Waals surface area (Å²) < 4.78 is 7.07. The van der Waals surface area contributed by atoms with Gasteiger partial charge in [-0.2, -0.15) is 0 Å². The summed E-state index contributed by atoms with van der Waals surface area (Å²) in [7, 11) is 0. The number of hydrogen-bond acceptors (Lipinski definition) is 2. The number of halogens is 2. The molecule has 112 valence electrons. The van der Waals surface area contributed by atoms with Crippen molar-refractivity contribution in [3.8, 4) is 5.75 Å². The van der Waals surface area contributed by atoms with E-state index >= 15 is 0 Å². The highest BCUT2D eigenvalue weighted by atomic mass is 79.9. The number of benzene rings is 2. The Morgan fingerprint density at radius 2 is 1.90 bits per heavy atom. The molecule has 2 aromatic rings. The maximum Gasteiger partial charge on any atom is 0.126 e. The minimum atomic E-state index is 0.457. The first-order valence-electron chi connectivity index (χ1n) is 6.88. The van der Waals surface area contributed by atoms with Crippen LogP contribution in [-0.2, 0) is 13.0 Å². The van der Waals surface area contributed by atoms with Crippen molar-refractivity contribution in [3.05, 3.63) is 62.1 Å². The third-order valence-electron chi connectivity index (χ3n) is 3.31. The molecular formula is C17H19BrClNO. The lowest BCUT2D eigenvalue weighted by molar-refractivity contribution is 0.301. The molecule has 0 saturated carbocycles. The van der Waals surface area contributed by atoms with Gasteiger partial charge in [0.05, 0.1) is 0 Å². The van der Waals surface area contributed by atoms with Crippen molar-refractivity contribution in [2.24, 2.45) is 5.73 Å². The van der Waals surface area contributed by atoms with E-state index in [2.05, 4.69) is 22.0 Å². The van der Waals surface area contributed by atoms with E-state index in [4.69, 9.17) is 22.1 Å². The minimum absolute atomic E-state index is 0.457. The van der Waals surface area contributed by atoms with Crippen molar-refractivity contribution < 1.29 is 4.74 Å². The van der Waals surface area contributed by atoms with Gasteiger partial charge >= 0.3 is 0 Å². The van der Waals surface area contributed by atoms with E-state index in [0.717, 1.165) is 43.9 Å². The molecule has 0 amide bonds. The third-order valence-corrected chi connectivity index (χ3v) is 4.12. The topological polar surface area (TPSA) is 35.2 Å². The number of hydrogen-bond donors (Lipinski definition) is 1. The van der Waals surface area contributed by atoms with Crippen LogP contribution in [0.2, 0.25) is 5.02 Å². The van der Waals surface area contributed by atoms with E-state index in [1.165, 1.54) is 0 Å². The first-order valence-corrected chi connectivity index (χ1v) is 8.05. The smallest absolute Gasteiger partial charge is 0.126 e. The van der Waals surface area contributed by atoms with Crippen LogP contribution in [0.4, 0.5) is 0 Å². The van der Waals surface area contributed by atoms with Gasteiger partial charge in [-0.05, 0) is 61.7 Å². The molecule has 21 heavy (non-hydrogen) atoms. The summed E-state index contributed by atoms with van der Waals surface area (Å²) >= 11 is 9.77. The fourth-order valence-electron chi connectivity index (χ4n) is 2.27. The highest BCUT2D eigenvalue weighted by Gasteiger charge is 2.10. The van der Waals surface area contributed by atoms with Crippen molar-refractivity contribution in [2.75, 3.05) is 6.54 Å². The fraction of sp³-hybridized carbons (Fsp3) is 0.294. The van der Waals surface area contributed by atoms with Gasteiger partial charge in [-0.1, -0.05) is 39.7 Å². The van der Waals surface area contributed by atoms with Crippen LogP contribution in [0, 0.1) is 13.8 Å². The Balaban J connectivity index is 2.23. The Morgan fingerprint density at radius 3 is 2.57 bits per heavy atom. The molecule has 0 saturated heterocycles. The van der Waals surface area contributed by atoms with Crippen molar-refractivity contribution in [1.82, 2.24) is 0 Å². The number of rotatable bonds is 5. The molecule has 0 atom stereocenters. The Hall–Kier alpha value is -1.03. The molecule has 0 aliphatic heterocycles. The standard InChI is InChI=1S/C17H19BrClNO/c1-11-3-4-14(16(19)7-11)10-21-17-12(2)8-15(18)9-13(17)5-6-20/h3-4,7-9H,5-6,10,20H2,1-2H3. The Bertz CT molecular complexity index is 643. The average Bonchev–Trinajstić information content (AvgIpc) is 2.40. The zero-order valence-corrected chi connectivity index (χ0v) is 14.6. The quantitative estimate of drug-likeness (QED) is 0.822. The number of nitrogens with two attached hydrogens (primary N) is 1. The SMILES string of the molecule is Cc1ccc(COc2c(C)cc(Br)cc2CCN)c(Cl)c1. The predicted octanol–water partition coefficient (Wildman–Crippen LogP) is 4.80. The largest absolute Gasteiger partial charge is 0.488 e. The summed E-state index contributed by atoms with van der Waals surface area (Å²) in [6.45, 7) is 5.11. The molecule has 2 aromatic carbocycles. The highest BCUT2D eigenvalue weighted by molar-refractivity contribution is 9.10. The molecular weight excluding hydrogens is 350 g/mol. The van der Waals surface area contributed by atoms with Crippen LogP contribution in [0.1, 0.15) is 22.3 Å². The monoisotopic (exact) mass is 367 g/mol. The van der Waals surface area contributed by atoms with Gasteiger partial charge in [0, 0.05) is 15.1 Å². The summed E-state index contributed by atoms with van der Waals surface area (Å²) in [5.41, 5.74) is 10.0. The molecule has 0 aliphatic carbocycles. The maximum atomic E-state index is 6.25. The number of aryl methyl sites for hydroxylation is 2. The number of ether oxygens (including phenoxy) is 1. The average molecular weight is 369 g/mol. The molecule has 0 bridgehead atoms. The van der Waals surface area contributed by atoms with Gasteiger partial charge in [-0.15, -0.1) is 0 Å². The molecule has 2 N–H and O–H groups in total. The summed E-state index contributed by atoms with van der Waals surface area (Å²) in [6, 6.07) is 10.1. The van der Waals surface area contributed by atoms with Crippen LogP contribution in [0.3, 0.4) is 0 Å². The summed E-state index contributed by atoms with van der Waals surface area (Å²) in [6.07, 6.45) is 0.789. The molecule has 4 heteroatoms. The molecule has 0 fully saturated rings. The van der Waals surface area contributed by atoms with Crippen LogP contribution < -0.4 is 10.5 Å². The van der Waals surface area contributed by atoms with Gasteiger partial charge in [0.15, 0.2) is 0 Å². The lowest BCUT2D eigenvalue weighted by Gasteiger charge is -2.15. The molecule has 0 aromatic heterocycles. The minimum Gasteiger partial charge on any atom is -0.488 e. The van der Waals surface area contributed by atoms with Gasteiger partial charge in [0.1, 0.15) is 12.4 Å². The second-order valence-corrected chi connectivity index (χ2v) is 6.46. The normalized spacial score (nSPS) is 10.7. The van der Waals surface area contributed by atoms with Crippen LogP contribution in [-0.4, -0.2) is 6.54 Å². The van der Waals surface area contributed by atoms with Gasteiger partial charge in [0.25, 0.3) is 0 Å². The van der Waals surface area contributed by atoms with Crippen molar-refractivity contribution >= 4 is 27.5 Å². The van der Waals surface area contributed by atoms with E-state index in [1.54, 1.807) is 0 Å².